The molecule has 0 bridgehead atoms. The zero-order valence-corrected chi connectivity index (χ0v) is 10.7. The summed E-state index contributed by atoms with van der Waals surface area (Å²) in [6, 6.07) is 12.3. The molecular weight excluding hydrogens is 236 g/mol. The largest absolute Gasteiger partial charge is 0.330 e. The lowest BCUT2D eigenvalue weighted by molar-refractivity contribution is 0.734. The Kier molecular flexibility index (Phi) is 3.25. The smallest absolute Gasteiger partial charge is 0.111 e. The fourth-order valence-corrected chi connectivity index (χ4v) is 2.29. The van der Waals surface area contributed by atoms with E-state index < -0.39 is 0 Å². The Morgan fingerprint density at radius 1 is 1.05 bits per heavy atom. The van der Waals surface area contributed by atoms with Crippen LogP contribution in [0.3, 0.4) is 0 Å². The number of nitrogens with two attached hydrogens (primary N) is 1. The van der Waals surface area contributed by atoms with Crippen LogP contribution in [0.2, 0.25) is 0 Å². The van der Waals surface area contributed by atoms with Gasteiger partial charge in [0.1, 0.15) is 5.82 Å². The fourth-order valence-electron chi connectivity index (χ4n) is 2.29. The number of benzene rings is 1. The summed E-state index contributed by atoms with van der Waals surface area (Å²) in [5, 5.41) is 0. The molecule has 0 radical (unpaired) electrons. The molecule has 0 aliphatic heterocycles. The first kappa shape index (κ1) is 11.9. The van der Waals surface area contributed by atoms with Gasteiger partial charge in [0, 0.05) is 25.4 Å². The summed E-state index contributed by atoms with van der Waals surface area (Å²) in [4.78, 5) is 8.72. The Balaban J connectivity index is 2.07. The standard InChI is InChI=1S/C15H16N4/c16-8-5-15-18-13-3-1-2-4-14(13)19(15)11-12-6-9-17-10-7-12/h1-4,6-7,9-10H,5,8,11,16H2. The maximum Gasteiger partial charge on any atom is 0.111 e. The second-order valence-electron chi connectivity index (χ2n) is 4.50. The topological polar surface area (TPSA) is 56.7 Å². The third-order valence-electron chi connectivity index (χ3n) is 3.19. The monoisotopic (exact) mass is 252 g/mol. The Morgan fingerprint density at radius 3 is 2.63 bits per heavy atom. The summed E-state index contributed by atoms with van der Waals surface area (Å²) >= 11 is 0. The van der Waals surface area contributed by atoms with E-state index in [0.717, 1.165) is 29.8 Å². The molecule has 0 saturated heterocycles. The summed E-state index contributed by atoms with van der Waals surface area (Å²) < 4.78 is 2.23. The molecule has 96 valence electrons. The first-order chi connectivity index (χ1) is 9.38. The van der Waals surface area contributed by atoms with Crippen LogP contribution in [0.25, 0.3) is 11.0 Å². The van der Waals surface area contributed by atoms with Crippen LogP contribution in [0.5, 0.6) is 0 Å². The third-order valence-corrected chi connectivity index (χ3v) is 3.19. The van der Waals surface area contributed by atoms with Gasteiger partial charge in [-0.1, -0.05) is 12.1 Å². The van der Waals surface area contributed by atoms with E-state index in [-0.39, 0.29) is 0 Å². The number of hydrogen-bond acceptors (Lipinski definition) is 3. The van der Waals surface area contributed by atoms with Crippen LogP contribution in [0.15, 0.2) is 48.8 Å². The van der Waals surface area contributed by atoms with Crippen molar-refractivity contribution in [2.45, 2.75) is 13.0 Å². The van der Waals surface area contributed by atoms with Crippen LogP contribution < -0.4 is 5.73 Å². The van der Waals surface area contributed by atoms with Gasteiger partial charge in [0.2, 0.25) is 0 Å². The molecule has 0 unspecified atom stereocenters. The number of hydrogen-bond donors (Lipinski definition) is 1. The first-order valence-electron chi connectivity index (χ1n) is 6.41. The van der Waals surface area contributed by atoms with Crippen molar-refractivity contribution in [1.82, 2.24) is 14.5 Å². The average molecular weight is 252 g/mol. The van der Waals surface area contributed by atoms with Crippen molar-refractivity contribution < 1.29 is 0 Å². The molecule has 19 heavy (non-hydrogen) atoms. The lowest BCUT2D eigenvalue weighted by atomic mass is 10.2. The second kappa shape index (κ2) is 5.20. The highest BCUT2D eigenvalue weighted by molar-refractivity contribution is 5.76. The summed E-state index contributed by atoms with van der Waals surface area (Å²) in [5.74, 6) is 1.04. The Bertz CT molecular complexity index is 673. The normalized spacial score (nSPS) is 11.0. The number of fused-ring (bicyclic) bond motifs is 1. The number of aromatic nitrogens is 3. The molecule has 0 fully saturated rings. The number of nitrogens with zero attached hydrogens (tertiary/aromatic N) is 3. The molecular formula is C15H16N4. The van der Waals surface area contributed by atoms with Gasteiger partial charge in [-0.05, 0) is 36.4 Å². The van der Waals surface area contributed by atoms with Crippen LogP contribution in [-0.2, 0) is 13.0 Å². The minimum absolute atomic E-state index is 0.611. The zero-order valence-electron chi connectivity index (χ0n) is 10.7. The van der Waals surface area contributed by atoms with Crippen molar-refractivity contribution in [2.24, 2.45) is 5.73 Å². The Hall–Kier alpha value is -2.20. The summed E-state index contributed by atoms with van der Waals surface area (Å²) in [6.07, 6.45) is 4.42. The molecule has 0 spiro atoms. The number of imidazole rings is 1. The van der Waals surface area contributed by atoms with Crippen LogP contribution in [-0.4, -0.2) is 21.1 Å². The van der Waals surface area contributed by atoms with Gasteiger partial charge in [-0.25, -0.2) is 4.98 Å². The summed E-state index contributed by atoms with van der Waals surface area (Å²) in [7, 11) is 0. The molecule has 2 heterocycles. The molecule has 4 heteroatoms. The van der Waals surface area contributed by atoms with E-state index in [1.54, 1.807) is 0 Å². The van der Waals surface area contributed by atoms with Gasteiger partial charge in [0.25, 0.3) is 0 Å². The maximum atomic E-state index is 5.68. The zero-order chi connectivity index (χ0) is 13.1. The molecule has 0 aliphatic rings. The van der Waals surface area contributed by atoms with Gasteiger partial charge < -0.3 is 10.3 Å². The van der Waals surface area contributed by atoms with E-state index in [0.29, 0.717) is 6.54 Å². The highest BCUT2D eigenvalue weighted by Crippen LogP contribution is 2.18. The molecule has 2 aromatic heterocycles. The number of para-hydroxylation sites is 2. The van der Waals surface area contributed by atoms with E-state index >= 15 is 0 Å². The first-order valence-corrected chi connectivity index (χ1v) is 6.41. The molecule has 1 aromatic carbocycles. The van der Waals surface area contributed by atoms with E-state index in [4.69, 9.17) is 5.73 Å². The van der Waals surface area contributed by atoms with Gasteiger partial charge in [-0.2, -0.15) is 0 Å². The van der Waals surface area contributed by atoms with Crippen LogP contribution >= 0.6 is 0 Å². The van der Waals surface area contributed by atoms with Crippen molar-refractivity contribution in [3.05, 3.63) is 60.2 Å². The highest BCUT2D eigenvalue weighted by atomic mass is 15.1. The lowest BCUT2D eigenvalue weighted by Crippen LogP contribution is -2.10. The van der Waals surface area contributed by atoms with Crippen molar-refractivity contribution in [3.8, 4) is 0 Å². The SMILES string of the molecule is NCCc1nc2ccccc2n1Cc1ccncc1. The van der Waals surface area contributed by atoms with Gasteiger partial charge in [0.05, 0.1) is 11.0 Å². The highest BCUT2D eigenvalue weighted by Gasteiger charge is 2.09. The van der Waals surface area contributed by atoms with Crippen molar-refractivity contribution >= 4 is 11.0 Å². The molecule has 2 N–H and O–H groups in total. The van der Waals surface area contributed by atoms with Gasteiger partial charge in [-0.3, -0.25) is 4.98 Å². The average Bonchev–Trinajstić information content (AvgIpc) is 2.79. The predicted octanol–water partition coefficient (Wildman–Crippen LogP) is 1.98. The van der Waals surface area contributed by atoms with E-state index in [9.17, 15) is 0 Å². The number of rotatable bonds is 4. The maximum absolute atomic E-state index is 5.68. The van der Waals surface area contributed by atoms with Crippen LogP contribution in [0.1, 0.15) is 11.4 Å². The lowest BCUT2D eigenvalue weighted by Gasteiger charge is -2.08. The predicted molar refractivity (Wildman–Crippen MR) is 75.8 cm³/mol. The molecule has 0 saturated carbocycles. The molecule has 0 amide bonds. The van der Waals surface area contributed by atoms with Gasteiger partial charge in [0.15, 0.2) is 0 Å². The van der Waals surface area contributed by atoms with Crippen LogP contribution in [0.4, 0.5) is 0 Å². The fraction of sp³-hybridized carbons (Fsp3) is 0.200. The minimum atomic E-state index is 0.611. The molecule has 3 rings (SSSR count). The van der Waals surface area contributed by atoms with E-state index in [2.05, 4.69) is 20.6 Å². The van der Waals surface area contributed by atoms with Gasteiger partial charge >= 0.3 is 0 Å². The number of pyridine rings is 1. The molecule has 4 nitrogen and oxygen atoms in total. The third kappa shape index (κ3) is 2.35. The Labute approximate surface area is 111 Å². The minimum Gasteiger partial charge on any atom is -0.330 e. The molecule has 0 aliphatic carbocycles. The second-order valence-corrected chi connectivity index (χ2v) is 4.50. The van der Waals surface area contributed by atoms with E-state index in [1.165, 1.54) is 5.56 Å². The summed E-state index contributed by atoms with van der Waals surface area (Å²) in [5.41, 5.74) is 9.08. The van der Waals surface area contributed by atoms with Crippen molar-refractivity contribution in [1.29, 1.82) is 0 Å². The quantitative estimate of drug-likeness (QED) is 0.772. The molecule has 0 atom stereocenters. The van der Waals surface area contributed by atoms with Crippen molar-refractivity contribution in [2.75, 3.05) is 6.54 Å². The summed E-state index contributed by atoms with van der Waals surface area (Å²) in [6.45, 7) is 1.41. The van der Waals surface area contributed by atoms with Crippen molar-refractivity contribution in [3.63, 3.8) is 0 Å². The Morgan fingerprint density at radius 2 is 1.84 bits per heavy atom. The molecule has 3 aromatic rings. The van der Waals surface area contributed by atoms with Crippen LogP contribution in [0, 0.1) is 0 Å². The van der Waals surface area contributed by atoms with Gasteiger partial charge in [-0.15, -0.1) is 0 Å². The van der Waals surface area contributed by atoms with E-state index in [1.807, 2.05) is 42.7 Å².